The van der Waals surface area contributed by atoms with Gasteiger partial charge in [0.15, 0.2) is 12.1 Å². The minimum absolute atomic E-state index is 0.121. The van der Waals surface area contributed by atoms with Crippen molar-refractivity contribution < 1.29 is 27.6 Å². The van der Waals surface area contributed by atoms with Crippen molar-refractivity contribution in [2.24, 2.45) is 5.92 Å². The van der Waals surface area contributed by atoms with Crippen molar-refractivity contribution in [3.05, 3.63) is 88.1 Å². The van der Waals surface area contributed by atoms with Crippen LogP contribution in [0.15, 0.2) is 66.0 Å². The van der Waals surface area contributed by atoms with E-state index in [-0.39, 0.29) is 17.8 Å². The SMILES string of the molecule is O=C(C[N+]12CCC(CC1)[C@@H](OC(=O)[C@H](Nc1cccc(F)c1)c1cccc(F)c1)C2)c1cccs1. The van der Waals surface area contributed by atoms with Crippen LogP contribution in [0.3, 0.4) is 0 Å². The number of hydrogen-bond acceptors (Lipinski definition) is 5. The number of ether oxygens (including phenoxy) is 1. The summed E-state index contributed by atoms with van der Waals surface area (Å²) in [6.45, 7) is 2.77. The van der Waals surface area contributed by atoms with E-state index in [2.05, 4.69) is 5.32 Å². The molecule has 0 amide bonds. The maximum absolute atomic E-state index is 14.0. The van der Waals surface area contributed by atoms with E-state index in [0.29, 0.717) is 28.8 Å². The highest BCUT2D eigenvalue weighted by Crippen LogP contribution is 2.37. The minimum Gasteiger partial charge on any atom is -0.454 e. The van der Waals surface area contributed by atoms with Crippen molar-refractivity contribution in [3.63, 3.8) is 0 Å². The predicted octanol–water partition coefficient (Wildman–Crippen LogP) is 5.21. The number of quaternary nitrogens is 1. The highest BCUT2D eigenvalue weighted by Gasteiger charge is 2.49. The van der Waals surface area contributed by atoms with Crippen LogP contribution in [0.5, 0.6) is 0 Å². The monoisotopic (exact) mass is 497 g/mol. The molecule has 5 nitrogen and oxygen atoms in total. The van der Waals surface area contributed by atoms with Crippen LogP contribution in [-0.4, -0.2) is 48.5 Å². The summed E-state index contributed by atoms with van der Waals surface area (Å²) in [6.07, 6.45) is 1.45. The Morgan fingerprint density at radius 2 is 1.77 bits per heavy atom. The zero-order chi connectivity index (χ0) is 24.4. The average Bonchev–Trinajstić information content (AvgIpc) is 3.38. The maximum Gasteiger partial charge on any atom is 0.333 e. The van der Waals surface area contributed by atoms with Gasteiger partial charge in [0.05, 0.1) is 18.0 Å². The highest BCUT2D eigenvalue weighted by molar-refractivity contribution is 7.12. The molecule has 35 heavy (non-hydrogen) atoms. The van der Waals surface area contributed by atoms with Crippen LogP contribution in [-0.2, 0) is 9.53 Å². The van der Waals surface area contributed by atoms with E-state index >= 15 is 0 Å². The Balaban J connectivity index is 1.34. The molecule has 0 aliphatic carbocycles. The van der Waals surface area contributed by atoms with Gasteiger partial charge in [0.25, 0.3) is 0 Å². The fourth-order valence-electron chi connectivity index (χ4n) is 5.32. The molecule has 0 spiro atoms. The Bertz CT molecular complexity index is 1210. The first-order chi connectivity index (χ1) is 16.9. The average molecular weight is 498 g/mol. The Hall–Kier alpha value is -3.10. The molecule has 2 atom stereocenters. The van der Waals surface area contributed by atoms with Gasteiger partial charge in [-0.2, -0.15) is 0 Å². The molecular formula is C27H27F2N2O3S+. The van der Waals surface area contributed by atoms with Crippen molar-refractivity contribution in [1.29, 1.82) is 0 Å². The molecule has 3 aromatic rings. The number of hydrogen-bond donors (Lipinski definition) is 1. The lowest BCUT2D eigenvalue weighted by atomic mass is 9.83. The maximum atomic E-state index is 14.0. The largest absolute Gasteiger partial charge is 0.454 e. The number of nitrogens with zero attached hydrogens (tertiary/aromatic N) is 1. The van der Waals surface area contributed by atoms with Crippen LogP contribution >= 0.6 is 11.3 Å². The third-order valence-electron chi connectivity index (χ3n) is 7.14. The van der Waals surface area contributed by atoms with E-state index < -0.39 is 23.6 Å². The molecule has 2 bridgehead atoms. The van der Waals surface area contributed by atoms with Gasteiger partial charge in [-0.05, 0) is 47.3 Å². The molecule has 3 aliphatic heterocycles. The number of piperidine rings is 3. The second kappa shape index (κ2) is 9.87. The van der Waals surface area contributed by atoms with E-state index in [0.717, 1.165) is 30.8 Å². The molecule has 3 saturated heterocycles. The fraction of sp³-hybridized carbons (Fsp3) is 0.333. The van der Waals surface area contributed by atoms with Gasteiger partial charge in [-0.15, -0.1) is 11.3 Å². The van der Waals surface area contributed by atoms with Crippen LogP contribution in [0, 0.1) is 17.6 Å². The third kappa shape index (κ3) is 5.28. The molecule has 4 heterocycles. The number of Topliss-reactive ketones (excluding diaryl/α,β-unsaturated/α-hetero) is 1. The van der Waals surface area contributed by atoms with Gasteiger partial charge in [-0.3, -0.25) is 4.79 Å². The van der Waals surface area contributed by atoms with Crippen molar-refractivity contribution >= 4 is 28.8 Å². The van der Waals surface area contributed by atoms with Gasteiger partial charge in [0.1, 0.15) is 24.7 Å². The van der Waals surface area contributed by atoms with Gasteiger partial charge >= 0.3 is 5.97 Å². The number of carbonyl (C=O) groups is 2. The van der Waals surface area contributed by atoms with E-state index in [1.54, 1.807) is 12.1 Å². The number of rotatable bonds is 8. The highest BCUT2D eigenvalue weighted by atomic mass is 32.1. The van der Waals surface area contributed by atoms with Gasteiger partial charge in [0.2, 0.25) is 5.78 Å². The van der Waals surface area contributed by atoms with Crippen molar-refractivity contribution in [3.8, 4) is 0 Å². The second-order valence-corrected chi connectivity index (χ2v) is 10.4. The summed E-state index contributed by atoms with van der Waals surface area (Å²) >= 11 is 1.45. The molecule has 8 heteroatoms. The van der Waals surface area contributed by atoms with Gasteiger partial charge in [0, 0.05) is 24.4 Å². The number of esters is 1. The summed E-state index contributed by atoms with van der Waals surface area (Å²) in [5.74, 6) is -1.10. The van der Waals surface area contributed by atoms with Gasteiger partial charge in [-0.25, -0.2) is 13.6 Å². The third-order valence-corrected chi connectivity index (χ3v) is 8.05. The Labute approximate surface area is 206 Å². The Morgan fingerprint density at radius 1 is 1.03 bits per heavy atom. The van der Waals surface area contributed by atoms with Gasteiger partial charge in [-0.1, -0.05) is 24.3 Å². The van der Waals surface area contributed by atoms with E-state index in [4.69, 9.17) is 4.74 Å². The van der Waals surface area contributed by atoms with Crippen LogP contribution in [0.25, 0.3) is 0 Å². The smallest absolute Gasteiger partial charge is 0.333 e. The number of fused-ring (bicyclic) bond motifs is 3. The molecule has 6 rings (SSSR count). The van der Waals surface area contributed by atoms with Crippen molar-refractivity contribution in [1.82, 2.24) is 0 Å². The summed E-state index contributed by atoms with van der Waals surface area (Å²) < 4.78 is 34.4. The quantitative estimate of drug-likeness (QED) is 0.264. The first-order valence-electron chi connectivity index (χ1n) is 11.8. The molecule has 182 valence electrons. The Kier molecular flexibility index (Phi) is 6.67. The molecule has 3 aliphatic rings. The lowest BCUT2D eigenvalue weighted by molar-refractivity contribution is -0.938. The second-order valence-electron chi connectivity index (χ2n) is 9.49. The zero-order valence-electron chi connectivity index (χ0n) is 19.2. The zero-order valence-corrected chi connectivity index (χ0v) is 20.0. The van der Waals surface area contributed by atoms with Gasteiger partial charge < -0.3 is 14.5 Å². The number of thiophene rings is 1. The fourth-order valence-corrected chi connectivity index (χ4v) is 5.98. The molecule has 1 aromatic heterocycles. The number of ketones is 1. The standard InChI is InChI=1S/C27H27F2N2O3S/c28-20-5-1-4-19(14-20)26(30-22-7-2-6-21(29)15-22)27(33)34-24-17-31(11-9-18(24)10-12-31)16-23(32)25-8-3-13-35-25/h1-8,13-15,18,24,26,30H,9-12,16-17H2/q+1/t18?,24-,26+,31?/m0/s1. The van der Waals surface area contributed by atoms with Crippen molar-refractivity contribution in [2.75, 3.05) is 31.5 Å². The number of nitrogens with one attached hydrogen (secondary N) is 1. The van der Waals surface area contributed by atoms with Crippen LogP contribution in [0.2, 0.25) is 0 Å². The molecule has 2 aromatic carbocycles. The number of anilines is 1. The molecule has 0 saturated carbocycles. The van der Waals surface area contributed by atoms with E-state index in [1.165, 1.54) is 47.7 Å². The normalized spacial score (nSPS) is 24.1. The summed E-state index contributed by atoms with van der Waals surface area (Å²) in [5, 5.41) is 4.92. The van der Waals surface area contributed by atoms with Crippen LogP contribution in [0.4, 0.5) is 14.5 Å². The molecule has 3 fully saturated rings. The summed E-state index contributed by atoms with van der Waals surface area (Å²) in [5.41, 5.74) is 0.799. The first kappa shape index (κ1) is 23.6. The lowest BCUT2D eigenvalue weighted by Crippen LogP contribution is -2.65. The predicted molar refractivity (Wildman–Crippen MR) is 130 cm³/mol. The topological polar surface area (TPSA) is 55.4 Å². The summed E-state index contributed by atoms with van der Waals surface area (Å²) in [6, 6.07) is 14.3. The van der Waals surface area contributed by atoms with Crippen LogP contribution < -0.4 is 5.32 Å². The van der Waals surface area contributed by atoms with E-state index in [9.17, 15) is 18.4 Å². The number of carbonyl (C=O) groups excluding carboxylic acids is 2. The molecule has 1 N–H and O–H groups in total. The van der Waals surface area contributed by atoms with E-state index in [1.807, 2.05) is 17.5 Å². The Morgan fingerprint density at radius 3 is 2.46 bits per heavy atom. The number of benzene rings is 2. The molecule has 0 radical (unpaired) electrons. The van der Waals surface area contributed by atoms with Crippen LogP contribution in [0.1, 0.15) is 34.1 Å². The summed E-state index contributed by atoms with van der Waals surface area (Å²) in [7, 11) is 0. The van der Waals surface area contributed by atoms with Crippen molar-refractivity contribution in [2.45, 2.75) is 25.0 Å². The summed E-state index contributed by atoms with van der Waals surface area (Å²) in [4.78, 5) is 27.0. The molecule has 0 unspecified atom stereocenters. The number of halogens is 2. The molecular weight excluding hydrogens is 470 g/mol. The first-order valence-corrected chi connectivity index (χ1v) is 12.7. The minimum atomic E-state index is -0.996. The lowest BCUT2D eigenvalue weighted by Gasteiger charge is -2.51.